The molecular formula is C17H21NO3S. The Morgan fingerprint density at radius 1 is 1.14 bits per heavy atom. The molecule has 1 aromatic carbocycles. The van der Waals surface area contributed by atoms with Crippen LogP contribution in [0.2, 0.25) is 0 Å². The molecule has 0 N–H and O–H groups in total. The van der Waals surface area contributed by atoms with Crippen molar-refractivity contribution in [2.75, 3.05) is 26.0 Å². The lowest BCUT2D eigenvalue weighted by atomic mass is 10.0. The third-order valence-electron chi connectivity index (χ3n) is 3.48. The number of aryl methyl sites for hydroxylation is 1. The molecule has 2 rings (SSSR count). The Morgan fingerprint density at radius 3 is 2.41 bits per heavy atom. The number of hydrogen-bond donors (Lipinski definition) is 0. The van der Waals surface area contributed by atoms with Gasteiger partial charge in [0.2, 0.25) is 0 Å². The van der Waals surface area contributed by atoms with Gasteiger partial charge >= 0.3 is 0 Å². The summed E-state index contributed by atoms with van der Waals surface area (Å²) in [5.74, 6) is 0.389. The van der Waals surface area contributed by atoms with Gasteiger partial charge in [-0.1, -0.05) is 36.8 Å². The first-order chi connectivity index (χ1) is 10.6. The van der Waals surface area contributed by atoms with Crippen molar-refractivity contribution in [3.63, 3.8) is 0 Å². The quantitative estimate of drug-likeness (QED) is 0.573. The molecule has 2 amide bonds. The normalized spacial score (nSPS) is 15.1. The number of amides is 2. The monoisotopic (exact) mass is 319 g/mol. The van der Waals surface area contributed by atoms with Crippen molar-refractivity contribution in [1.29, 1.82) is 0 Å². The van der Waals surface area contributed by atoms with E-state index in [4.69, 9.17) is 4.74 Å². The van der Waals surface area contributed by atoms with Gasteiger partial charge in [-0.2, -0.15) is 0 Å². The molecule has 1 heterocycles. The molecule has 1 aliphatic heterocycles. The van der Waals surface area contributed by atoms with Crippen LogP contribution in [0.4, 0.5) is 0 Å². The second kappa shape index (κ2) is 7.61. The summed E-state index contributed by atoms with van der Waals surface area (Å²) in [7, 11) is 1.61. The van der Waals surface area contributed by atoms with Gasteiger partial charge in [-0.25, -0.2) is 0 Å². The van der Waals surface area contributed by atoms with E-state index < -0.39 is 0 Å². The van der Waals surface area contributed by atoms with E-state index in [2.05, 4.69) is 0 Å². The number of nitrogens with zero attached hydrogens (tertiary/aromatic N) is 1. The Morgan fingerprint density at radius 2 is 1.82 bits per heavy atom. The molecule has 0 saturated heterocycles. The average Bonchev–Trinajstić information content (AvgIpc) is 2.73. The summed E-state index contributed by atoms with van der Waals surface area (Å²) in [5, 5.41) is 0. The van der Waals surface area contributed by atoms with Crippen LogP contribution >= 0.6 is 11.8 Å². The van der Waals surface area contributed by atoms with Crippen LogP contribution < -0.4 is 0 Å². The maximum Gasteiger partial charge on any atom is 0.267 e. The summed E-state index contributed by atoms with van der Waals surface area (Å²) in [4.78, 5) is 27.1. The Balaban J connectivity index is 2.32. The molecule has 0 aliphatic carbocycles. The molecule has 0 bridgehead atoms. The zero-order chi connectivity index (χ0) is 16.1. The Hall–Kier alpha value is -1.59. The lowest BCUT2D eigenvalue weighted by molar-refractivity contribution is -0.136. The third-order valence-corrected chi connectivity index (χ3v) is 4.44. The van der Waals surface area contributed by atoms with E-state index in [9.17, 15) is 9.59 Å². The van der Waals surface area contributed by atoms with E-state index in [0.29, 0.717) is 30.1 Å². The number of hydrogen-bond acceptors (Lipinski definition) is 4. The summed E-state index contributed by atoms with van der Waals surface area (Å²) < 4.78 is 5.00. The molecule has 22 heavy (non-hydrogen) atoms. The zero-order valence-electron chi connectivity index (χ0n) is 13.2. The van der Waals surface area contributed by atoms with Crippen LogP contribution in [0.3, 0.4) is 0 Å². The lowest BCUT2D eigenvalue weighted by Gasteiger charge is -2.14. The first kappa shape index (κ1) is 16.8. The molecule has 0 saturated carbocycles. The predicted molar refractivity (Wildman–Crippen MR) is 89.4 cm³/mol. The fourth-order valence-electron chi connectivity index (χ4n) is 2.38. The fourth-order valence-corrected chi connectivity index (χ4v) is 3.25. The van der Waals surface area contributed by atoms with E-state index in [-0.39, 0.29) is 11.8 Å². The van der Waals surface area contributed by atoms with E-state index in [1.165, 1.54) is 16.7 Å². The lowest BCUT2D eigenvalue weighted by Crippen LogP contribution is -2.33. The van der Waals surface area contributed by atoms with Gasteiger partial charge in [-0.3, -0.25) is 14.5 Å². The van der Waals surface area contributed by atoms with Crippen LogP contribution in [0.1, 0.15) is 24.5 Å². The van der Waals surface area contributed by atoms with Crippen molar-refractivity contribution in [2.24, 2.45) is 0 Å². The molecule has 1 aliphatic rings. The number of ether oxygens (including phenoxy) is 1. The van der Waals surface area contributed by atoms with E-state index >= 15 is 0 Å². The Labute approximate surface area is 135 Å². The minimum atomic E-state index is -0.194. The molecule has 0 fully saturated rings. The van der Waals surface area contributed by atoms with Gasteiger partial charge in [0.15, 0.2) is 0 Å². The van der Waals surface area contributed by atoms with Gasteiger partial charge in [-0.05, 0) is 24.7 Å². The second-order valence-corrected chi connectivity index (χ2v) is 6.39. The fraction of sp³-hybridized carbons (Fsp3) is 0.412. The maximum atomic E-state index is 12.7. The smallest absolute Gasteiger partial charge is 0.267 e. The van der Waals surface area contributed by atoms with E-state index in [0.717, 1.165) is 16.9 Å². The largest absolute Gasteiger partial charge is 0.385 e. The van der Waals surface area contributed by atoms with Crippen LogP contribution in [0, 0.1) is 6.92 Å². The van der Waals surface area contributed by atoms with Crippen molar-refractivity contribution < 1.29 is 14.3 Å². The first-order valence-corrected chi connectivity index (χ1v) is 8.38. The standard InChI is InChI=1S/C17H21NO3S/c1-4-22-15-14(13-8-6-12(2)7-9-13)16(19)18(17(15)20)10-5-11-21-3/h6-9H,4-5,10-11H2,1-3H3. The van der Waals surface area contributed by atoms with Crippen LogP contribution in [0.25, 0.3) is 5.57 Å². The molecule has 0 radical (unpaired) electrons. The van der Waals surface area contributed by atoms with Crippen molar-refractivity contribution in [1.82, 2.24) is 4.90 Å². The Kier molecular flexibility index (Phi) is 5.80. The van der Waals surface area contributed by atoms with E-state index in [1.807, 2.05) is 38.1 Å². The molecule has 1 aromatic rings. The predicted octanol–water partition coefficient (Wildman–Crippen LogP) is 2.86. The minimum absolute atomic E-state index is 0.177. The van der Waals surface area contributed by atoms with Gasteiger partial charge in [0.1, 0.15) is 0 Å². The number of carbonyl (C=O) groups is 2. The minimum Gasteiger partial charge on any atom is -0.385 e. The van der Waals surface area contributed by atoms with Gasteiger partial charge in [0.25, 0.3) is 11.8 Å². The number of thioether (sulfide) groups is 1. The molecule has 118 valence electrons. The second-order valence-electron chi connectivity index (χ2n) is 5.11. The van der Waals surface area contributed by atoms with E-state index in [1.54, 1.807) is 7.11 Å². The highest BCUT2D eigenvalue weighted by molar-refractivity contribution is 8.04. The number of rotatable bonds is 7. The highest BCUT2D eigenvalue weighted by Crippen LogP contribution is 2.35. The van der Waals surface area contributed by atoms with Crippen LogP contribution in [0.15, 0.2) is 29.2 Å². The average molecular weight is 319 g/mol. The van der Waals surface area contributed by atoms with Crippen molar-refractivity contribution in [2.45, 2.75) is 20.3 Å². The number of imide groups is 1. The Bertz CT molecular complexity index is 592. The first-order valence-electron chi connectivity index (χ1n) is 7.39. The van der Waals surface area contributed by atoms with Gasteiger partial charge in [-0.15, -0.1) is 11.8 Å². The zero-order valence-corrected chi connectivity index (χ0v) is 14.0. The summed E-state index contributed by atoms with van der Waals surface area (Å²) in [6, 6.07) is 7.74. The SMILES string of the molecule is CCSC1=C(c2ccc(C)cc2)C(=O)N(CCCOC)C1=O. The summed E-state index contributed by atoms with van der Waals surface area (Å²) in [6.07, 6.45) is 0.652. The van der Waals surface area contributed by atoms with Crippen LogP contribution in [0.5, 0.6) is 0 Å². The van der Waals surface area contributed by atoms with Crippen molar-refractivity contribution in [3.8, 4) is 0 Å². The third kappa shape index (κ3) is 3.42. The molecule has 0 atom stereocenters. The van der Waals surface area contributed by atoms with Crippen LogP contribution in [-0.4, -0.2) is 42.7 Å². The maximum absolute atomic E-state index is 12.7. The van der Waals surface area contributed by atoms with Gasteiger partial charge in [0.05, 0.1) is 10.5 Å². The topological polar surface area (TPSA) is 46.6 Å². The van der Waals surface area contributed by atoms with Crippen LogP contribution in [-0.2, 0) is 14.3 Å². The molecule has 0 spiro atoms. The molecule has 4 nitrogen and oxygen atoms in total. The molecule has 0 unspecified atom stereocenters. The van der Waals surface area contributed by atoms with Gasteiger partial charge in [0, 0.05) is 20.3 Å². The summed E-state index contributed by atoms with van der Waals surface area (Å²) in [6.45, 7) is 4.91. The van der Waals surface area contributed by atoms with Crippen molar-refractivity contribution in [3.05, 3.63) is 40.3 Å². The van der Waals surface area contributed by atoms with Crippen molar-refractivity contribution >= 4 is 29.1 Å². The highest BCUT2D eigenvalue weighted by Gasteiger charge is 2.38. The molecule has 0 aromatic heterocycles. The number of carbonyl (C=O) groups excluding carboxylic acids is 2. The molecular weight excluding hydrogens is 298 g/mol. The number of benzene rings is 1. The van der Waals surface area contributed by atoms with Gasteiger partial charge < -0.3 is 4.74 Å². The molecule has 5 heteroatoms. The highest BCUT2D eigenvalue weighted by atomic mass is 32.2. The number of methoxy groups -OCH3 is 1. The summed E-state index contributed by atoms with van der Waals surface area (Å²) >= 11 is 1.44. The summed E-state index contributed by atoms with van der Waals surface area (Å²) in [5.41, 5.74) is 2.48.